The van der Waals surface area contributed by atoms with Crippen LogP contribution in [0.15, 0.2) is 40.9 Å². The Kier molecular flexibility index (Phi) is 4.17. The summed E-state index contributed by atoms with van der Waals surface area (Å²) in [6.45, 7) is 1.50. The highest BCUT2D eigenvalue weighted by Gasteiger charge is 2.15. The third kappa shape index (κ3) is 3.30. The fourth-order valence-electron chi connectivity index (χ4n) is 1.67. The van der Waals surface area contributed by atoms with E-state index in [1.165, 1.54) is 31.2 Å². The largest absolute Gasteiger partial charge is 0.454 e. The minimum Gasteiger partial charge on any atom is -0.454 e. The lowest BCUT2D eigenvalue weighted by atomic mass is 10.1. The molecule has 0 heterocycles. The van der Waals surface area contributed by atoms with Crippen molar-refractivity contribution < 1.29 is 18.6 Å². The Bertz CT molecular complexity index is 580. The van der Waals surface area contributed by atoms with E-state index in [1.807, 2.05) is 0 Å². The number of aliphatic hydroxyl groups is 1. The standard InChI is InChI=1S/C14H11BrF2O2/c1-8(18)12-3-2-4-13(17)14(12)19-11-6-9(15)5-10(16)7-11/h2-8,18H,1H3. The van der Waals surface area contributed by atoms with Gasteiger partial charge in [-0.25, -0.2) is 8.78 Å². The monoisotopic (exact) mass is 328 g/mol. The molecule has 0 radical (unpaired) electrons. The van der Waals surface area contributed by atoms with E-state index in [2.05, 4.69) is 15.9 Å². The highest BCUT2D eigenvalue weighted by molar-refractivity contribution is 9.10. The van der Waals surface area contributed by atoms with Crippen LogP contribution in [0, 0.1) is 11.6 Å². The second kappa shape index (κ2) is 5.67. The second-order valence-corrected chi connectivity index (χ2v) is 4.96. The molecule has 0 bridgehead atoms. The van der Waals surface area contributed by atoms with Gasteiger partial charge in [0.2, 0.25) is 0 Å². The molecule has 0 aromatic heterocycles. The van der Waals surface area contributed by atoms with E-state index in [4.69, 9.17) is 4.74 Å². The van der Waals surface area contributed by atoms with Gasteiger partial charge < -0.3 is 9.84 Å². The van der Waals surface area contributed by atoms with Crippen LogP contribution in [0.2, 0.25) is 0 Å². The van der Waals surface area contributed by atoms with Crippen LogP contribution in [-0.4, -0.2) is 5.11 Å². The van der Waals surface area contributed by atoms with Crippen molar-refractivity contribution in [3.8, 4) is 11.5 Å². The molecule has 2 aromatic rings. The van der Waals surface area contributed by atoms with Gasteiger partial charge in [-0.1, -0.05) is 28.1 Å². The van der Waals surface area contributed by atoms with Crippen LogP contribution in [0.4, 0.5) is 8.78 Å². The van der Waals surface area contributed by atoms with Gasteiger partial charge in [-0.3, -0.25) is 0 Å². The molecule has 0 saturated heterocycles. The number of hydrogen-bond acceptors (Lipinski definition) is 2. The molecular weight excluding hydrogens is 318 g/mol. The lowest BCUT2D eigenvalue weighted by molar-refractivity contribution is 0.194. The first-order valence-electron chi connectivity index (χ1n) is 5.58. The van der Waals surface area contributed by atoms with Gasteiger partial charge in [-0.05, 0) is 25.1 Å². The Hall–Kier alpha value is -1.46. The van der Waals surface area contributed by atoms with Crippen molar-refractivity contribution in [1.82, 2.24) is 0 Å². The summed E-state index contributed by atoms with van der Waals surface area (Å²) in [6.07, 6.45) is -0.886. The van der Waals surface area contributed by atoms with Crippen molar-refractivity contribution >= 4 is 15.9 Å². The summed E-state index contributed by atoms with van der Waals surface area (Å²) in [4.78, 5) is 0. The Morgan fingerprint density at radius 1 is 1.21 bits per heavy atom. The average molecular weight is 329 g/mol. The van der Waals surface area contributed by atoms with E-state index in [0.29, 0.717) is 10.0 Å². The Labute approximate surface area is 117 Å². The summed E-state index contributed by atoms with van der Waals surface area (Å²) < 4.78 is 32.8. The zero-order chi connectivity index (χ0) is 14.0. The molecule has 1 N–H and O–H groups in total. The normalized spacial score (nSPS) is 12.3. The first kappa shape index (κ1) is 14.0. The molecule has 5 heteroatoms. The highest BCUT2D eigenvalue weighted by atomic mass is 79.9. The molecule has 100 valence electrons. The molecule has 1 unspecified atom stereocenters. The molecule has 19 heavy (non-hydrogen) atoms. The number of ether oxygens (including phenoxy) is 1. The summed E-state index contributed by atoms with van der Waals surface area (Å²) in [6, 6.07) is 8.17. The molecular formula is C14H11BrF2O2. The van der Waals surface area contributed by atoms with Gasteiger partial charge in [0.1, 0.15) is 11.6 Å². The van der Waals surface area contributed by atoms with Gasteiger partial charge in [0.15, 0.2) is 11.6 Å². The van der Waals surface area contributed by atoms with Crippen molar-refractivity contribution in [3.05, 3.63) is 58.1 Å². The van der Waals surface area contributed by atoms with Crippen LogP contribution in [0.5, 0.6) is 11.5 Å². The number of hydrogen-bond donors (Lipinski definition) is 1. The van der Waals surface area contributed by atoms with E-state index in [-0.39, 0.29) is 11.5 Å². The number of halogens is 3. The van der Waals surface area contributed by atoms with E-state index >= 15 is 0 Å². The van der Waals surface area contributed by atoms with Gasteiger partial charge in [0, 0.05) is 16.1 Å². The van der Waals surface area contributed by atoms with Crippen LogP contribution < -0.4 is 4.74 Å². The quantitative estimate of drug-likeness (QED) is 0.894. The summed E-state index contributed by atoms with van der Waals surface area (Å²) in [5.41, 5.74) is 0.306. The average Bonchev–Trinajstić information content (AvgIpc) is 2.30. The molecule has 2 rings (SSSR count). The van der Waals surface area contributed by atoms with Crippen molar-refractivity contribution in [2.45, 2.75) is 13.0 Å². The van der Waals surface area contributed by atoms with Gasteiger partial charge >= 0.3 is 0 Å². The summed E-state index contributed by atoms with van der Waals surface area (Å²) in [5, 5.41) is 9.59. The van der Waals surface area contributed by atoms with E-state index in [9.17, 15) is 13.9 Å². The van der Waals surface area contributed by atoms with Gasteiger partial charge in [0.05, 0.1) is 6.10 Å². The van der Waals surface area contributed by atoms with Crippen molar-refractivity contribution in [3.63, 3.8) is 0 Å². The van der Waals surface area contributed by atoms with Crippen LogP contribution >= 0.6 is 15.9 Å². The molecule has 0 aliphatic carbocycles. The molecule has 2 nitrogen and oxygen atoms in total. The second-order valence-electron chi connectivity index (χ2n) is 4.04. The van der Waals surface area contributed by atoms with Crippen LogP contribution in [0.25, 0.3) is 0 Å². The smallest absolute Gasteiger partial charge is 0.168 e. The Balaban J connectivity index is 2.42. The van der Waals surface area contributed by atoms with E-state index < -0.39 is 17.7 Å². The lowest BCUT2D eigenvalue weighted by Gasteiger charge is -2.14. The maximum atomic E-state index is 13.8. The Morgan fingerprint density at radius 3 is 2.58 bits per heavy atom. The topological polar surface area (TPSA) is 29.5 Å². The molecule has 2 aromatic carbocycles. The van der Waals surface area contributed by atoms with Crippen LogP contribution in [0.3, 0.4) is 0 Å². The zero-order valence-electron chi connectivity index (χ0n) is 10.0. The van der Waals surface area contributed by atoms with Crippen molar-refractivity contribution in [2.75, 3.05) is 0 Å². The Morgan fingerprint density at radius 2 is 1.95 bits per heavy atom. The van der Waals surface area contributed by atoms with E-state index in [0.717, 1.165) is 6.07 Å². The first-order chi connectivity index (χ1) is 8.97. The minimum atomic E-state index is -0.886. The van der Waals surface area contributed by atoms with Gasteiger partial charge in [-0.15, -0.1) is 0 Å². The lowest BCUT2D eigenvalue weighted by Crippen LogP contribution is -1.99. The third-order valence-corrected chi connectivity index (χ3v) is 2.96. The molecule has 0 fully saturated rings. The fourth-order valence-corrected chi connectivity index (χ4v) is 2.11. The SMILES string of the molecule is CC(O)c1cccc(F)c1Oc1cc(F)cc(Br)c1. The molecule has 0 saturated carbocycles. The number of aliphatic hydroxyl groups excluding tert-OH is 1. The fraction of sp³-hybridized carbons (Fsp3) is 0.143. The van der Waals surface area contributed by atoms with Crippen molar-refractivity contribution in [1.29, 1.82) is 0 Å². The van der Waals surface area contributed by atoms with E-state index in [1.54, 1.807) is 6.07 Å². The summed E-state index contributed by atoms with van der Waals surface area (Å²) in [7, 11) is 0. The predicted molar refractivity (Wildman–Crippen MR) is 71.2 cm³/mol. The predicted octanol–water partition coefficient (Wildman–Crippen LogP) is 4.57. The van der Waals surface area contributed by atoms with Crippen LogP contribution in [-0.2, 0) is 0 Å². The molecule has 0 aliphatic heterocycles. The van der Waals surface area contributed by atoms with Gasteiger partial charge in [0.25, 0.3) is 0 Å². The summed E-state index contributed by atoms with van der Waals surface area (Å²) in [5.74, 6) is -1.06. The van der Waals surface area contributed by atoms with Crippen molar-refractivity contribution in [2.24, 2.45) is 0 Å². The molecule has 0 amide bonds. The first-order valence-corrected chi connectivity index (χ1v) is 6.37. The maximum Gasteiger partial charge on any atom is 0.168 e. The number of para-hydroxylation sites is 1. The third-order valence-electron chi connectivity index (χ3n) is 2.50. The highest BCUT2D eigenvalue weighted by Crippen LogP contribution is 2.33. The molecule has 1 atom stereocenters. The minimum absolute atomic E-state index is 0.102. The van der Waals surface area contributed by atoms with Gasteiger partial charge in [-0.2, -0.15) is 0 Å². The zero-order valence-corrected chi connectivity index (χ0v) is 11.6. The summed E-state index contributed by atoms with van der Waals surface area (Å²) >= 11 is 3.13. The number of benzene rings is 2. The maximum absolute atomic E-state index is 13.8. The molecule has 0 spiro atoms. The molecule has 0 aliphatic rings. The number of rotatable bonds is 3. The van der Waals surface area contributed by atoms with Crippen LogP contribution in [0.1, 0.15) is 18.6 Å².